The quantitative estimate of drug-likeness (QED) is 0.375. The number of hydrogen-bond donors (Lipinski definition) is 0. The monoisotopic (exact) mass is 376 g/mol. The maximum Gasteiger partial charge on any atom is 0.292 e. The SMILES string of the molecule is Cc1cccc2c1OC[N+](c1ccc(-c3ccc(-c4ccccc4)cc3)cc1)=C2. The molecule has 2 heteroatoms. The molecule has 2 nitrogen and oxygen atoms in total. The molecule has 1 aliphatic heterocycles. The molecule has 0 saturated heterocycles. The average Bonchev–Trinajstić information content (AvgIpc) is 2.80. The molecule has 0 spiro atoms. The summed E-state index contributed by atoms with van der Waals surface area (Å²) in [5.41, 5.74) is 8.33. The first-order chi connectivity index (χ1) is 14.3. The van der Waals surface area contributed by atoms with Crippen molar-refractivity contribution < 1.29 is 9.31 Å². The number of ether oxygens (including phenoxy) is 1. The maximum atomic E-state index is 5.99. The van der Waals surface area contributed by atoms with E-state index in [1.807, 2.05) is 6.07 Å². The summed E-state index contributed by atoms with van der Waals surface area (Å²) in [6.07, 6.45) is 2.16. The summed E-state index contributed by atoms with van der Waals surface area (Å²) in [6, 6.07) is 34.1. The van der Waals surface area contributed by atoms with Gasteiger partial charge in [0.2, 0.25) is 5.69 Å². The van der Waals surface area contributed by atoms with Crippen LogP contribution in [0.4, 0.5) is 5.69 Å². The molecule has 0 bridgehead atoms. The molecule has 1 aliphatic rings. The van der Waals surface area contributed by atoms with Crippen molar-refractivity contribution in [1.29, 1.82) is 0 Å². The van der Waals surface area contributed by atoms with Crippen molar-refractivity contribution in [3.8, 4) is 28.0 Å². The van der Waals surface area contributed by atoms with Gasteiger partial charge in [0, 0.05) is 12.1 Å². The van der Waals surface area contributed by atoms with Gasteiger partial charge >= 0.3 is 0 Å². The Balaban J connectivity index is 1.40. The topological polar surface area (TPSA) is 12.2 Å². The molecular weight excluding hydrogens is 354 g/mol. The van der Waals surface area contributed by atoms with Crippen LogP contribution in [0.15, 0.2) is 97.1 Å². The zero-order valence-electron chi connectivity index (χ0n) is 16.4. The van der Waals surface area contributed by atoms with E-state index in [2.05, 4.69) is 109 Å². The lowest BCUT2D eigenvalue weighted by Crippen LogP contribution is -2.21. The van der Waals surface area contributed by atoms with Crippen LogP contribution in [0.1, 0.15) is 11.1 Å². The van der Waals surface area contributed by atoms with Gasteiger partial charge in [0.25, 0.3) is 6.73 Å². The molecule has 0 amide bonds. The van der Waals surface area contributed by atoms with E-state index >= 15 is 0 Å². The first-order valence-electron chi connectivity index (χ1n) is 9.88. The van der Waals surface area contributed by atoms with Crippen LogP contribution in [0.3, 0.4) is 0 Å². The third-order valence-electron chi connectivity index (χ3n) is 5.41. The van der Waals surface area contributed by atoms with Crippen molar-refractivity contribution in [2.24, 2.45) is 0 Å². The molecular formula is C27H22NO+. The molecule has 0 atom stereocenters. The highest BCUT2D eigenvalue weighted by Crippen LogP contribution is 2.29. The van der Waals surface area contributed by atoms with Crippen LogP contribution >= 0.6 is 0 Å². The van der Waals surface area contributed by atoms with Crippen LogP contribution in [0.2, 0.25) is 0 Å². The predicted octanol–water partition coefficient (Wildman–Crippen LogP) is 6.44. The highest BCUT2D eigenvalue weighted by atomic mass is 16.5. The zero-order valence-corrected chi connectivity index (χ0v) is 16.4. The fraction of sp³-hybridized carbons (Fsp3) is 0.0741. The molecule has 0 aromatic heterocycles. The van der Waals surface area contributed by atoms with Gasteiger partial charge in [-0.2, -0.15) is 4.58 Å². The molecule has 4 aromatic carbocycles. The smallest absolute Gasteiger partial charge is 0.292 e. The Hall–Kier alpha value is -3.65. The summed E-state index contributed by atoms with van der Waals surface area (Å²) in [5.74, 6) is 0.985. The van der Waals surface area contributed by atoms with Crippen LogP contribution < -0.4 is 4.74 Å². The van der Waals surface area contributed by atoms with Crippen LogP contribution in [0.25, 0.3) is 22.3 Å². The Morgan fingerprint density at radius 3 is 1.86 bits per heavy atom. The summed E-state index contributed by atoms with van der Waals surface area (Å²) in [7, 11) is 0. The van der Waals surface area contributed by atoms with Crippen LogP contribution in [0.5, 0.6) is 5.75 Å². The molecule has 0 unspecified atom stereocenters. The summed E-state index contributed by atoms with van der Waals surface area (Å²) in [6.45, 7) is 2.61. The minimum atomic E-state index is 0.531. The van der Waals surface area contributed by atoms with Gasteiger partial charge in [-0.1, -0.05) is 66.7 Å². The molecule has 0 N–H and O–H groups in total. The molecule has 0 radical (unpaired) electrons. The molecule has 140 valence electrons. The molecule has 5 rings (SSSR count). The maximum absolute atomic E-state index is 5.99. The summed E-state index contributed by atoms with van der Waals surface area (Å²) < 4.78 is 8.13. The van der Waals surface area contributed by atoms with E-state index in [1.54, 1.807) is 0 Å². The van der Waals surface area contributed by atoms with Crippen LogP contribution in [0, 0.1) is 6.92 Å². The van der Waals surface area contributed by atoms with E-state index in [4.69, 9.17) is 4.74 Å². The fourth-order valence-corrected chi connectivity index (χ4v) is 3.79. The van der Waals surface area contributed by atoms with Crippen molar-refractivity contribution in [2.45, 2.75) is 6.92 Å². The number of fused-ring (bicyclic) bond motifs is 1. The summed E-state index contributed by atoms with van der Waals surface area (Å²) >= 11 is 0. The fourth-order valence-electron chi connectivity index (χ4n) is 3.79. The van der Waals surface area contributed by atoms with Crippen molar-refractivity contribution in [3.63, 3.8) is 0 Å². The van der Waals surface area contributed by atoms with Crippen LogP contribution in [-0.4, -0.2) is 17.5 Å². The largest absolute Gasteiger partial charge is 0.435 e. The first-order valence-corrected chi connectivity index (χ1v) is 9.88. The van der Waals surface area contributed by atoms with Gasteiger partial charge < -0.3 is 4.74 Å². The van der Waals surface area contributed by atoms with Crippen molar-refractivity contribution in [2.75, 3.05) is 6.73 Å². The van der Waals surface area contributed by atoms with Gasteiger partial charge in [-0.15, -0.1) is 0 Å². The molecule has 4 aromatic rings. The lowest BCUT2D eigenvalue weighted by molar-refractivity contribution is -0.476. The van der Waals surface area contributed by atoms with Crippen molar-refractivity contribution in [3.05, 3.63) is 108 Å². The van der Waals surface area contributed by atoms with Gasteiger partial charge in [0.15, 0.2) is 6.21 Å². The number of para-hydroxylation sites is 1. The number of hydrogen-bond acceptors (Lipinski definition) is 1. The average molecular weight is 376 g/mol. The Labute approximate surface area is 171 Å². The molecule has 0 fully saturated rings. The number of nitrogens with zero attached hydrogens (tertiary/aromatic N) is 1. The van der Waals surface area contributed by atoms with E-state index in [9.17, 15) is 0 Å². The van der Waals surface area contributed by atoms with Gasteiger partial charge in [0.1, 0.15) is 5.75 Å². The number of benzene rings is 4. The predicted molar refractivity (Wildman–Crippen MR) is 119 cm³/mol. The Bertz CT molecular complexity index is 1170. The second-order valence-electron chi connectivity index (χ2n) is 7.36. The molecule has 0 aliphatic carbocycles. The molecule has 1 heterocycles. The minimum absolute atomic E-state index is 0.531. The standard InChI is InChI=1S/C27H22NO/c1-20-6-5-9-25-18-28(19-29-27(20)25)26-16-14-24(15-17-26)23-12-10-22(11-13-23)21-7-3-2-4-8-21/h2-18H,19H2,1H3/q+1. The van der Waals surface area contributed by atoms with E-state index < -0.39 is 0 Å². The van der Waals surface area contributed by atoms with Gasteiger partial charge in [0.05, 0.1) is 5.56 Å². The third-order valence-corrected chi connectivity index (χ3v) is 5.41. The molecule has 0 saturated carbocycles. The van der Waals surface area contributed by atoms with Gasteiger partial charge in [-0.25, -0.2) is 0 Å². The third kappa shape index (κ3) is 3.45. The zero-order chi connectivity index (χ0) is 19.6. The Morgan fingerprint density at radius 2 is 1.21 bits per heavy atom. The summed E-state index contributed by atoms with van der Waals surface area (Å²) in [5, 5.41) is 0. The Morgan fingerprint density at radius 1 is 0.621 bits per heavy atom. The van der Waals surface area contributed by atoms with Gasteiger partial charge in [-0.3, -0.25) is 0 Å². The second kappa shape index (κ2) is 7.40. The van der Waals surface area contributed by atoms with E-state index in [0.29, 0.717) is 6.73 Å². The Kier molecular flexibility index (Phi) is 4.45. The normalized spacial score (nSPS) is 12.7. The lowest BCUT2D eigenvalue weighted by atomic mass is 10.0. The van der Waals surface area contributed by atoms with E-state index in [-0.39, 0.29) is 0 Å². The highest BCUT2D eigenvalue weighted by molar-refractivity contribution is 5.82. The number of aryl methyl sites for hydroxylation is 1. The lowest BCUT2D eigenvalue weighted by Gasteiger charge is -2.15. The minimum Gasteiger partial charge on any atom is -0.435 e. The molecule has 29 heavy (non-hydrogen) atoms. The highest BCUT2D eigenvalue weighted by Gasteiger charge is 2.20. The van der Waals surface area contributed by atoms with Crippen molar-refractivity contribution in [1.82, 2.24) is 0 Å². The van der Waals surface area contributed by atoms with Crippen molar-refractivity contribution >= 4 is 11.9 Å². The first kappa shape index (κ1) is 17.4. The van der Waals surface area contributed by atoms with Crippen LogP contribution in [-0.2, 0) is 0 Å². The van der Waals surface area contributed by atoms with E-state index in [1.165, 1.54) is 27.8 Å². The van der Waals surface area contributed by atoms with Gasteiger partial charge in [-0.05, 0) is 52.9 Å². The van der Waals surface area contributed by atoms with E-state index in [0.717, 1.165) is 17.0 Å². The number of rotatable bonds is 3. The summed E-state index contributed by atoms with van der Waals surface area (Å²) in [4.78, 5) is 0. The second-order valence-corrected chi connectivity index (χ2v) is 7.36.